The van der Waals surface area contributed by atoms with Crippen molar-refractivity contribution in [3.05, 3.63) is 0 Å². The molecule has 25 heavy (non-hydrogen) atoms. The fourth-order valence-electron chi connectivity index (χ4n) is 6.07. The summed E-state index contributed by atoms with van der Waals surface area (Å²) in [4.78, 5) is 24.8. The third kappa shape index (κ3) is 3.57. The highest BCUT2D eigenvalue weighted by Crippen LogP contribution is 2.60. The fourth-order valence-corrected chi connectivity index (χ4v) is 7.75. The summed E-state index contributed by atoms with van der Waals surface area (Å²) in [6, 6.07) is -0.267. The molecule has 1 saturated heterocycles. The highest BCUT2D eigenvalue weighted by Gasteiger charge is 2.54. The van der Waals surface area contributed by atoms with E-state index in [9.17, 15) is 18.0 Å². The smallest absolute Gasteiger partial charge is 0.226 e. The fraction of sp³-hybridized carbons (Fsp3) is 0.889. The quantitative estimate of drug-likeness (QED) is 0.758. The summed E-state index contributed by atoms with van der Waals surface area (Å²) in [7, 11) is -2.99. The van der Waals surface area contributed by atoms with Gasteiger partial charge in [0.25, 0.3) is 0 Å². The summed E-state index contributed by atoms with van der Waals surface area (Å²) < 4.78 is 22.8. The van der Waals surface area contributed by atoms with E-state index in [-0.39, 0.29) is 41.2 Å². The number of nitrogens with one attached hydrogen (secondary N) is 2. The van der Waals surface area contributed by atoms with Crippen molar-refractivity contribution in [1.29, 1.82) is 0 Å². The molecular weight excluding hydrogens is 340 g/mol. The lowest BCUT2D eigenvalue weighted by Gasteiger charge is -2.55. The minimum atomic E-state index is -2.99. The summed E-state index contributed by atoms with van der Waals surface area (Å²) in [5.41, 5.74) is -0.176. The second-order valence-corrected chi connectivity index (χ2v) is 11.1. The lowest BCUT2D eigenvalue weighted by Crippen LogP contribution is -2.53. The van der Waals surface area contributed by atoms with Crippen LogP contribution in [-0.2, 0) is 19.4 Å². The molecule has 1 atom stereocenters. The van der Waals surface area contributed by atoms with Crippen LogP contribution < -0.4 is 10.6 Å². The maximum atomic E-state index is 12.8. The Kier molecular flexibility index (Phi) is 4.33. The number of hydrogen-bond acceptors (Lipinski definition) is 4. The van der Waals surface area contributed by atoms with E-state index in [2.05, 4.69) is 10.6 Å². The van der Waals surface area contributed by atoms with Gasteiger partial charge in [0.2, 0.25) is 11.8 Å². The van der Waals surface area contributed by atoms with Crippen molar-refractivity contribution < 1.29 is 18.0 Å². The van der Waals surface area contributed by atoms with Crippen LogP contribution in [0.1, 0.15) is 51.4 Å². The molecule has 5 fully saturated rings. The van der Waals surface area contributed by atoms with Gasteiger partial charge in [-0.2, -0.15) is 0 Å². The average molecular weight is 368 g/mol. The molecule has 7 heteroatoms. The number of rotatable bonds is 5. The van der Waals surface area contributed by atoms with E-state index in [1.165, 1.54) is 19.3 Å². The second kappa shape index (κ2) is 6.25. The van der Waals surface area contributed by atoms with Crippen molar-refractivity contribution in [3.8, 4) is 0 Å². The molecule has 2 N–H and O–H groups in total. The summed E-state index contributed by atoms with van der Waals surface area (Å²) in [5, 5.41) is 5.77. The Hall–Kier alpha value is -1.11. The van der Waals surface area contributed by atoms with Crippen LogP contribution in [0.4, 0.5) is 0 Å². The third-order valence-corrected chi connectivity index (χ3v) is 8.52. The minimum Gasteiger partial charge on any atom is -0.355 e. The van der Waals surface area contributed by atoms with Crippen molar-refractivity contribution in [1.82, 2.24) is 10.6 Å². The summed E-state index contributed by atoms with van der Waals surface area (Å²) in [5.74, 6) is 2.34. The average Bonchev–Trinajstić information content (AvgIpc) is 2.84. The zero-order valence-electron chi connectivity index (χ0n) is 14.6. The number of carbonyl (C=O) groups is 2. The van der Waals surface area contributed by atoms with Crippen LogP contribution in [0.3, 0.4) is 0 Å². The van der Waals surface area contributed by atoms with Gasteiger partial charge in [0.05, 0.1) is 11.5 Å². The Morgan fingerprint density at radius 1 is 1.00 bits per heavy atom. The van der Waals surface area contributed by atoms with Gasteiger partial charge in [-0.3, -0.25) is 9.59 Å². The number of hydrogen-bond donors (Lipinski definition) is 2. The molecule has 0 radical (unpaired) electrons. The van der Waals surface area contributed by atoms with Gasteiger partial charge in [0.15, 0.2) is 9.84 Å². The summed E-state index contributed by atoms with van der Waals surface area (Å²) in [6.45, 7) is 0.339. The molecule has 6 nitrogen and oxygen atoms in total. The second-order valence-electron chi connectivity index (χ2n) is 8.87. The SMILES string of the molecule is O=C(CCNC(=O)C12CC3CC(CC(C3)C1)C2)NC1CCS(=O)(=O)C1. The molecule has 0 aromatic rings. The van der Waals surface area contributed by atoms with Crippen molar-refractivity contribution in [2.24, 2.45) is 23.2 Å². The van der Waals surface area contributed by atoms with Crippen LogP contribution in [-0.4, -0.2) is 44.3 Å². The molecule has 5 rings (SSSR count). The molecule has 140 valence electrons. The molecule has 0 aromatic heterocycles. The highest BCUT2D eigenvalue weighted by atomic mass is 32.2. The zero-order valence-corrected chi connectivity index (χ0v) is 15.4. The maximum absolute atomic E-state index is 12.8. The van der Waals surface area contributed by atoms with E-state index in [0.29, 0.717) is 13.0 Å². The summed E-state index contributed by atoms with van der Waals surface area (Å²) >= 11 is 0. The first kappa shape index (κ1) is 17.3. The first-order valence-corrected chi connectivity index (χ1v) is 11.4. The Balaban J connectivity index is 1.24. The molecule has 1 unspecified atom stereocenters. The van der Waals surface area contributed by atoms with E-state index < -0.39 is 9.84 Å². The Bertz CT molecular complexity index is 637. The predicted octanol–water partition coefficient (Wildman–Crippen LogP) is 1.01. The van der Waals surface area contributed by atoms with E-state index in [4.69, 9.17) is 0 Å². The molecule has 0 spiro atoms. The van der Waals surface area contributed by atoms with Crippen molar-refractivity contribution in [3.63, 3.8) is 0 Å². The zero-order chi connectivity index (χ0) is 17.7. The molecule has 0 aromatic carbocycles. The molecule has 4 bridgehead atoms. The van der Waals surface area contributed by atoms with Crippen LogP contribution in [0, 0.1) is 23.2 Å². The van der Waals surface area contributed by atoms with Gasteiger partial charge in [-0.15, -0.1) is 0 Å². The lowest BCUT2D eigenvalue weighted by atomic mass is 9.49. The van der Waals surface area contributed by atoms with E-state index in [1.54, 1.807) is 0 Å². The first-order chi connectivity index (χ1) is 11.8. The molecule has 1 heterocycles. The standard InChI is InChI=1S/C18H28N2O4S/c21-16(20-15-2-4-25(23,24)11-15)1-3-19-17(22)18-8-12-5-13(9-18)7-14(6-12)10-18/h12-15H,1-11H2,(H,19,22)(H,20,21). The lowest BCUT2D eigenvalue weighted by molar-refractivity contribution is -0.146. The number of sulfone groups is 1. The van der Waals surface area contributed by atoms with Gasteiger partial charge < -0.3 is 10.6 Å². The Morgan fingerprint density at radius 3 is 2.12 bits per heavy atom. The van der Waals surface area contributed by atoms with Crippen molar-refractivity contribution >= 4 is 21.7 Å². The minimum absolute atomic E-state index is 0.0401. The van der Waals surface area contributed by atoms with Gasteiger partial charge in [0.1, 0.15) is 0 Å². The maximum Gasteiger partial charge on any atom is 0.226 e. The number of carbonyl (C=O) groups excluding carboxylic acids is 2. The first-order valence-electron chi connectivity index (χ1n) is 9.62. The van der Waals surface area contributed by atoms with Crippen LogP contribution in [0.25, 0.3) is 0 Å². The monoisotopic (exact) mass is 368 g/mol. The van der Waals surface area contributed by atoms with Crippen molar-refractivity contribution in [2.45, 2.75) is 57.4 Å². The van der Waals surface area contributed by atoms with Gasteiger partial charge in [-0.1, -0.05) is 0 Å². The summed E-state index contributed by atoms with van der Waals surface area (Å²) in [6.07, 6.45) is 7.70. The Labute approximate surface area is 149 Å². The predicted molar refractivity (Wildman–Crippen MR) is 93.4 cm³/mol. The molecule has 2 amide bonds. The molecule has 5 aliphatic rings. The van der Waals surface area contributed by atoms with Crippen LogP contribution in [0.5, 0.6) is 0 Å². The van der Waals surface area contributed by atoms with Gasteiger partial charge in [-0.05, 0) is 62.7 Å². The van der Waals surface area contributed by atoms with Crippen LogP contribution >= 0.6 is 0 Å². The largest absolute Gasteiger partial charge is 0.355 e. The van der Waals surface area contributed by atoms with Gasteiger partial charge >= 0.3 is 0 Å². The van der Waals surface area contributed by atoms with E-state index in [0.717, 1.165) is 37.0 Å². The van der Waals surface area contributed by atoms with Crippen LogP contribution in [0.2, 0.25) is 0 Å². The van der Waals surface area contributed by atoms with Crippen LogP contribution in [0.15, 0.2) is 0 Å². The third-order valence-electron chi connectivity index (χ3n) is 6.76. The Morgan fingerprint density at radius 2 is 1.60 bits per heavy atom. The topological polar surface area (TPSA) is 92.3 Å². The molecule has 4 aliphatic carbocycles. The van der Waals surface area contributed by atoms with E-state index in [1.807, 2.05) is 0 Å². The van der Waals surface area contributed by atoms with Gasteiger partial charge in [-0.25, -0.2) is 8.42 Å². The van der Waals surface area contributed by atoms with Gasteiger partial charge in [0, 0.05) is 24.4 Å². The molecular formula is C18H28N2O4S. The molecule has 4 saturated carbocycles. The van der Waals surface area contributed by atoms with Crippen molar-refractivity contribution in [2.75, 3.05) is 18.1 Å². The molecule has 1 aliphatic heterocycles. The normalized spacial score (nSPS) is 40.8. The van der Waals surface area contributed by atoms with E-state index >= 15 is 0 Å². The highest BCUT2D eigenvalue weighted by molar-refractivity contribution is 7.91. The number of amides is 2.